The summed E-state index contributed by atoms with van der Waals surface area (Å²) in [6, 6.07) is 12.8. The highest BCUT2D eigenvalue weighted by atomic mass is 19.1. The number of carbonyl (C=O) groups is 3. The van der Waals surface area contributed by atoms with Crippen molar-refractivity contribution >= 4 is 56.4 Å². The first-order chi connectivity index (χ1) is 27.5. The number of carboxylic acids is 2. The predicted octanol–water partition coefficient (Wildman–Crippen LogP) is 4.18. The van der Waals surface area contributed by atoms with Gasteiger partial charge in [0.1, 0.15) is 58.0 Å². The standard InChI is InChI=1S/C40H32FN3O13/c41-24-13-22-25(14-26(24)43-11-9-42-10-12-43)44(20-7-8-20)17-23(37(22)47)40(52)55-21(18-53-29-3-1-5-31-35(29)27(45)15-33(56-31)38(48)49)19-54-30-4-2-6-32-36(30)28(46)16-34(57-32)39(50)51/h1-6,13-17,20-21,42H,7-12,18-19H2,(H,48,49)(H,50,51). The number of pyridine rings is 1. The van der Waals surface area contributed by atoms with Gasteiger partial charge in [0.05, 0.1) is 11.2 Å². The summed E-state index contributed by atoms with van der Waals surface area (Å²) in [5.41, 5.74) is -1.94. The van der Waals surface area contributed by atoms with Crippen molar-refractivity contribution in [2.24, 2.45) is 0 Å². The van der Waals surface area contributed by atoms with E-state index >= 15 is 4.39 Å². The molecule has 0 unspecified atom stereocenters. The van der Waals surface area contributed by atoms with Gasteiger partial charge in [-0.2, -0.15) is 0 Å². The number of ether oxygens (including phenoxy) is 3. The fourth-order valence-electron chi connectivity index (χ4n) is 6.81. The molecule has 0 bridgehead atoms. The summed E-state index contributed by atoms with van der Waals surface area (Å²) in [7, 11) is 0. The fraction of sp³-hybridized carbons (Fsp3) is 0.250. The fourth-order valence-corrected chi connectivity index (χ4v) is 6.81. The Balaban J connectivity index is 1.14. The minimum atomic E-state index is -1.46. The smallest absolute Gasteiger partial charge is 0.371 e. The van der Waals surface area contributed by atoms with E-state index in [9.17, 15) is 39.0 Å². The van der Waals surface area contributed by atoms with Gasteiger partial charge in [-0.25, -0.2) is 18.8 Å². The zero-order chi connectivity index (χ0) is 40.0. The molecule has 292 valence electrons. The van der Waals surface area contributed by atoms with E-state index in [2.05, 4.69) is 5.32 Å². The number of rotatable bonds is 12. The Labute approximate surface area is 319 Å². The number of esters is 1. The summed E-state index contributed by atoms with van der Waals surface area (Å²) in [4.78, 5) is 78.7. The number of hydrogen-bond donors (Lipinski definition) is 3. The highest BCUT2D eigenvalue weighted by Crippen LogP contribution is 2.38. The molecule has 3 N–H and O–H groups in total. The van der Waals surface area contributed by atoms with Crippen LogP contribution in [0.4, 0.5) is 10.1 Å². The number of hydrogen-bond acceptors (Lipinski definition) is 13. The van der Waals surface area contributed by atoms with Crippen molar-refractivity contribution in [1.82, 2.24) is 9.88 Å². The molecule has 0 atom stereocenters. The number of halogens is 1. The van der Waals surface area contributed by atoms with Crippen LogP contribution in [-0.2, 0) is 4.74 Å². The molecular weight excluding hydrogens is 749 g/mol. The van der Waals surface area contributed by atoms with E-state index in [0.717, 1.165) is 31.0 Å². The van der Waals surface area contributed by atoms with Gasteiger partial charge in [-0.1, -0.05) is 12.1 Å². The summed E-state index contributed by atoms with van der Waals surface area (Å²) in [5.74, 6) is -5.90. The first-order valence-electron chi connectivity index (χ1n) is 17.9. The van der Waals surface area contributed by atoms with Gasteiger partial charge < -0.3 is 48.0 Å². The van der Waals surface area contributed by atoms with E-state index < -0.39 is 70.8 Å². The first kappa shape index (κ1) is 36.9. The largest absolute Gasteiger partial charge is 0.489 e. The quantitative estimate of drug-likeness (QED) is 0.149. The van der Waals surface area contributed by atoms with Crippen LogP contribution in [0.25, 0.3) is 32.8 Å². The second-order valence-corrected chi connectivity index (χ2v) is 13.5. The molecular formula is C40H32FN3O13. The average molecular weight is 782 g/mol. The Morgan fingerprint density at radius 3 is 1.91 bits per heavy atom. The molecule has 57 heavy (non-hydrogen) atoms. The molecule has 0 radical (unpaired) electrons. The maximum atomic E-state index is 15.6. The van der Waals surface area contributed by atoms with Gasteiger partial charge in [-0.15, -0.1) is 0 Å². The van der Waals surface area contributed by atoms with Crippen LogP contribution in [0.3, 0.4) is 0 Å². The molecule has 2 fully saturated rings. The lowest BCUT2D eigenvalue weighted by molar-refractivity contribution is 0.00275. The van der Waals surface area contributed by atoms with Crippen molar-refractivity contribution in [1.29, 1.82) is 0 Å². The van der Waals surface area contributed by atoms with E-state index in [1.165, 1.54) is 42.6 Å². The zero-order valence-electron chi connectivity index (χ0n) is 29.8. The molecule has 0 spiro atoms. The van der Waals surface area contributed by atoms with Gasteiger partial charge in [0.25, 0.3) is 0 Å². The first-order valence-corrected chi connectivity index (χ1v) is 17.9. The Morgan fingerprint density at radius 1 is 0.825 bits per heavy atom. The zero-order valence-corrected chi connectivity index (χ0v) is 29.8. The maximum Gasteiger partial charge on any atom is 0.371 e. The molecule has 16 nitrogen and oxygen atoms in total. The van der Waals surface area contributed by atoms with E-state index in [-0.39, 0.29) is 50.4 Å². The van der Waals surface area contributed by atoms with Gasteiger partial charge >= 0.3 is 17.9 Å². The Hall–Kier alpha value is -7.01. The molecule has 17 heteroatoms. The minimum absolute atomic E-state index is 0.0109. The van der Waals surface area contributed by atoms with Gasteiger partial charge in [-0.05, 0) is 49.2 Å². The van der Waals surface area contributed by atoms with Crippen LogP contribution >= 0.6 is 0 Å². The minimum Gasteiger partial charge on any atom is -0.489 e. The van der Waals surface area contributed by atoms with Crippen LogP contribution in [0, 0.1) is 5.82 Å². The highest BCUT2D eigenvalue weighted by molar-refractivity contribution is 5.95. The third kappa shape index (κ3) is 7.27. The van der Waals surface area contributed by atoms with Gasteiger partial charge in [0, 0.05) is 55.9 Å². The predicted molar refractivity (Wildman–Crippen MR) is 201 cm³/mol. The Kier molecular flexibility index (Phi) is 9.66. The van der Waals surface area contributed by atoms with Gasteiger partial charge in [0.15, 0.2) is 17.0 Å². The molecule has 1 aliphatic carbocycles. The van der Waals surface area contributed by atoms with Gasteiger partial charge in [-0.3, -0.25) is 14.4 Å². The number of aromatic carboxylic acids is 2. The van der Waals surface area contributed by atoms with Crippen LogP contribution in [0.5, 0.6) is 11.5 Å². The van der Waals surface area contributed by atoms with E-state index in [4.69, 9.17) is 23.0 Å². The van der Waals surface area contributed by atoms with Crippen LogP contribution in [0.1, 0.15) is 50.4 Å². The molecule has 1 saturated carbocycles. The Morgan fingerprint density at radius 2 is 1.39 bits per heavy atom. The second-order valence-electron chi connectivity index (χ2n) is 13.5. The molecule has 1 aliphatic heterocycles. The van der Waals surface area contributed by atoms with Crippen molar-refractivity contribution in [3.63, 3.8) is 0 Å². The summed E-state index contributed by atoms with van der Waals surface area (Å²) in [6.45, 7) is 1.50. The molecule has 8 rings (SSSR count). The van der Waals surface area contributed by atoms with Crippen LogP contribution in [-0.4, -0.2) is 78.2 Å². The number of piperazine rings is 1. The summed E-state index contributed by atoms with van der Waals surface area (Å²) in [6.07, 6.45) is 1.60. The molecule has 3 aromatic carbocycles. The van der Waals surface area contributed by atoms with E-state index in [1.807, 2.05) is 4.90 Å². The second kappa shape index (κ2) is 14.9. The number of fused-ring (bicyclic) bond motifs is 3. The molecule has 4 heterocycles. The molecule has 3 aromatic heterocycles. The number of nitrogens with one attached hydrogen (secondary N) is 1. The van der Waals surface area contributed by atoms with Crippen LogP contribution < -0.4 is 36.0 Å². The number of carboxylic acid groups (broad SMARTS) is 2. The number of carbonyl (C=O) groups excluding carboxylic acids is 1. The van der Waals surface area contributed by atoms with Crippen molar-refractivity contribution in [3.05, 3.63) is 120 Å². The molecule has 2 aliphatic rings. The monoisotopic (exact) mass is 781 g/mol. The van der Waals surface area contributed by atoms with Crippen molar-refractivity contribution in [3.8, 4) is 11.5 Å². The number of nitrogens with zero attached hydrogens (tertiary/aromatic N) is 2. The third-order valence-corrected chi connectivity index (χ3v) is 9.70. The normalized spacial score (nSPS) is 14.3. The Bertz CT molecular complexity index is 2690. The molecule has 0 amide bonds. The average Bonchev–Trinajstić information content (AvgIpc) is 4.04. The van der Waals surface area contributed by atoms with Crippen molar-refractivity contribution in [2.75, 3.05) is 44.3 Å². The van der Waals surface area contributed by atoms with Crippen molar-refractivity contribution < 1.29 is 52.0 Å². The number of benzene rings is 3. The summed E-state index contributed by atoms with van der Waals surface area (Å²) < 4.78 is 45.8. The number of anilines is 1. The van der Waals surface area contributed by atoms with Crippen molar-refractivity contribution in [2.45, 2.75) is 25.0 Å². The van der Waals surface area contributed by atoms with Crippen LogP contribution in [0.15, 0.2) is 90.1 Å². The van der Waals surface area contributed by atoms with Gasteiger partial charge in [0.2, 0.25) is 16.9 Å². The number of aromatic nitrogens is 1. The lowest BCUT2D eigenvalue weighted by atomic mass is 10.1. The highest BCUT2D eigenvalue weighted by Gasteiger charge is 2.30. The summed E-state index contributed by atoms with van der Waals surface area (Å²) in [5, 5.41) is 21.7. The lowest BCUT2D eigenvalue weighted by Crippen LogP contribution is -2.43. The summed E-state index contributed by atoms with van der Waals surface area (Å²) >= 11 is 0. The topological polar surface area (TPSA) is 217 Å². The molecule has 1 saturated heterocycles. The molecule has 6 aromatic rings. The van der Waals surface area contributed by atoms with E-state index in [1.54, 1.807) is 10.6 Å². The third-order valence-electron chi connectivity index (χ3n) is 9.70. The van der Waals surface area contributed by atoms with Crippen LogP contribution in [0.2, 0.25) is 0 Å². The van der Waals surface area contributed by atoms with E-state index in [0.29, 0.717) is 37.4 Å². The SMILES string of the molecule is O=C(O)c1cc(=O)c2c(OCC(COc3cccc4oc(C(=O)O)cc(=O)c34)OC(=O)c3cn(C4CC4)c4cc(N5CCNCC5)c(F)cc4c3=O)cccc2o1. The maximum absolute atomic E-state index is 15.6. The lowest BCUT2D eigenvalue weighted by Gasteiger charge is -2.30.